The first-order valence-corrected chi connectivity index (χ1v) is 9.44. The number of amides is 1. The van der Waals surface area contributed by atoms with Crippen LogP contribution in [-0.4, -0.2) is 21.7 Å². The number of aromatic nitrogens is 2. The van der Waals surface area contributed by atoms with Crippen molar-refractivity contribution in [1.82, 2.24) is 15.0 Å². The number of nitrogens with zero attached hydrogens (tertiary/aromatic N) is 3. The molecule has 1 amide bonds. The summed E-state index contributed by atoms with van der Waals surface area (Å²) in [7, 11) is 0. The van der Waals surface area contributed by atoms with Crippen LogP contribution >= 0.6 is 11.3 Å². The van der Waals surface area contributed by atoms with Gasteiger partial charge < -0.3 is 0 Å². The zero-order chi connectivity index (χ0) is 19.3. The summed E-state index contributed by atoms with van der Waals surface area (Å²) in [4.78, 5) is 30.8. The molecule has 0 saturated heterocycles. The fraction of sp³-hybridized carbons (Fsp3) is 0.0476. The van der Waals surface area contributed by atoms with Crippen LogP contribution in [0, 0.1) is 0 Å². The molecule has 4 rings (SSSR count). The van der Waals surface area contributed by atoms with E-state index in [1.54, 1.807) is 6.21 Å². The summed E-state index contributed by atoms with van der Waals surface area (Å²) in [6.45, 7) is -0.148. The number of fused-ring (bicyclic) bond motifs is 1. The molecule has 0 spiro atoms. The summed E-state index contributed by atoms with van der Waals surface area (Å²) in [5.41, 5.74) is 4.09. The second kappa shape index (κ2) is 7.98. The SMILES string of the molecule is O=C(Cn1cnc2sc(-c3ccccc3)cc2c1=O)N/N=C/c1ccccc1. The number of thiophene rings is 1. The maximum Gasteiger partial charge on any atom is 0.262 e. The summed E-state index contributed by atoms with van der Waals surface area (Å²) < 4.78 is 1.29. The smallest absolute Gasteiger partial charge is 0.262 e. The monoisotopic (exact) mass is 388 g/mol. The third-order valence-corrected chi connectivity index (χ3v) is 5.18. The molecule has 0 aliphatic heterocycles. The summed E-state index contributed by atoms with van der Waals surface area (Å²) in [6, 6.07) is 21.1. The molecule has 1 N–H and O–H groups in total. The van der Waals surface area contributed by atoms with Crippen LogP contribution in [0.4, 0.5) is 0 Å². The lowest BCUT2D eigenvalue weighted by Gasteiger charge is -2.03. The van der Waals surface area contributed by atoms with Gasteiger partial charge in [0.05, 0.1) is 17.9 Å². The first-order valence-electron chi connectivity index (χ1n) is 8.62. The maximum atomic E-state index is 12.7. The van der Waals surface area contributed by atoms with Gasteiger partial charge in [-0.15, -0.1) is 11.3 Å². The van der Waals surface area contributed by atoms with Gasteiger partial charge in [0.2, 0.25) is 0 Å². The molecule has 0 aliphatic carbocycles. The molecule has 28 heavy (non-hydrogen) atoms. The van der Waals surface area contributed by atoms with Gasteiger partial charge in [-0.05, 0) is 17.2 Å². The van der Waals surface area contributed by atoms with E-state index in [4.69, 9.17) is 0 Å². The van der Waals surface area contributed by atoms with Gasteiger partial charge >= 0.3 is 0 Å². The van der Waals surface area contributed by atoms with Crippen LogP contribution in [0.3, 0.4) is 0 Å². The second-order valence-electron chi connectivity index (χ2n) is 6.08. The minimum atomic E-state index is -0.394. The Balaban J connectivity index is 1.51. The van der Waals surface area contributed by atoms with E-state index in [9.17, 15) is 9.59 Å². The number of hydrogen-bond donors (Lipinski definition) is 1. The van der Waals surface area contributed by atoms with Gasteiger partial charge in [0, 0.05) is 4.88 Å². The standard InChI is InChI=1S/C21H16N4O2S/c26-19(24-23-12-15-7-3-1-4-8-15)13-25-14-22-20-17(21(25)27)11-18(28-20)16-9-5-2-6-10-16/h1-12,14H,13H2,(H,24,26)/b23-12+. The molecule has 0 bridgehead atoms. The Labute approximate surface area is 164 Å². The zero-order valence-electron chi connectivity index (χ0n) is 14.8. The Morgan fingerprint density at radius 3 is 2.57 bits per heavy atom. The molecule has 0 unspecified atom stereocenters. The van der Waals surface area contributed by atoms with Crippen molar-refractivity contribution in [2.75, 3.05) is 0 Å². The molecule has 2 aromatic carbocycles. The summed E-state index contributed by atoms with van der Waals surface area (Å²) in [5, 5.41) is 4.42. The maximum absolute atomic E-state index is 12.7. The summed E-state index contributed by atoms with van der Waals surface area (Å²) in [6.07, 6.45) is 2.95. The van der Waals surface area contributed by atoms with Crippen LogP contribution < -0.4 is 11.0 Å². The van der Waals surface area contributed by atoms with Crippen LogP contribution in [0.15, 0.2) is 83.0 Å². The van der Waals surface area contributed by atoms with Crippen molar-refractivity contribution in [1.29, 1.82) is 0 Å². The van der Waals surface area contributed by atoms with Crippen LogP contribution in [0.2, 0.25) is 0 Å². The van der Waals surface area contributed by atoms with Crippen LogP contribution in [-0.2, 0) is 11.3 Å². The van der Waals surface area contributed by atoms with E-state index in [-0.39, 0.29) is 12.1 Å². The number of carbonyl (C=O) groups is 1. The summed E-state index contributed by atoms with van der Waals surface area (Å²) in [5.74, 6) is -0.394. The molecule has 0 saturated carbocycles. The largest absolute Gasteiger partial charge is 0.289 e. The van der Waals surface area contributed by atoms with E-state index in [1.165, 1.54) is 22.2 Å². The third-order valence-electron chi connectivity index (χ3n) is 4.09. The summed E-state index contributed by atoms with van der Waals surface area (Å²) >= 11 is 1.46. The Kier molecular flexibility index (Phi) is 5.07. The van der Waals surface area contributed by atoms with Gasteiger partial charge in [-0.3, -0.25) is 14.2 Å². The highest BCUT2D eigenvalue weighted by Crippen LogP contribution is 2.30. The van der Waals surface area contributed by atoms with E-state index in [0.717, 1.165) is 16.0 Å². The normalized spacial score (nSPS) is 11.1. The topological polar surface area (TPSA) is 76.3 Å². The molecule has 6 nitrogen and oxygen atoms in total. The molecule has 2 aromatic heterocycles. The number of hydrazone groups is 1. The van der Waals surface area contributed by atoms with Crippen molar-refractivity contribution in [3.05, 3.63) is 89.0 Å². The molecule has 0 fully saturated rings. The lowest BCUT2D eigenvalue weighted by Crippen LogP contribution is -2.29. The molecule has 2 heterocycles. The fourth-order valence-corrected chi connectivity index (χ4v) is 3.72. The molecule has 7 heteroatoms. The lowest BCUT2D eigenvalue weighted by molar-refractivity contribution is -0.121. The minimum Gasteiger partial charge on any atom is -0.289 e. The Hall–Kier alpha value is -3.58. The molecule has 0 atom stereocenters. The molecular formula is C21H16N4O2S. The van der Waals surface area contributed by atoms with Crippen molar-refractivity contribution in [2.24, 2.45) is 5.10 Å². The van der Waals surface area contributed by atoms with Gasteiger partial charge in [0.1, 0.15) is 11.4 Å². The molecule has 0 radical (unpaired) electrons. The average molecular weight is 388 g/mol. The fourth-order valence-electron chi connectivity index (χ4n) is 2.73. The van der Waals surface area contributed by atoms with Crippen LogP contribution in [0.1, 0.15) is 5.56 Å². The molecule has 0 aliphatic rings. The number of hydrogen-bond acceptors (Lipinski definition) is 5. The van der Waals surface area contributed by atoms with Crippen molar-refractivity contribution >= 4 is 33.7 Å². The highest BCUT2D eigenvalue weighted by atomic mass is 32.1. The molecular weight excluding hydrogens is 372 g/mol. The first-order chi connectivity index (χ1) is 13.7. The Morgan fingerprint density at radius 1 is 1.11 bits per heavy atom. The van der Waals surface area contributed by atoms with Gasteiger partial charge in [-0.2, -0.15) is 5.10 Å². The van der Waals surface area contributed by atoms with E-state index in [1.807, 2.05) is 66.7 Å². The second-order valence-corrected chi connectivity index (χ2v) is 7.11. The average Bonchev–Trinajstić information content (AvgIpc) is 3.17. The van der Waals surface area contributed by atoms with Crippen LogP contribution in [0.25, 0.3) is 20.7 Å². The first kappa shape index (κ1) is 17.8. The van der Waals surface area contributed by atoms with E-state index in [0.29, 0.717) is 10.2 Å². The lowest BCUT2D eigenvalue weighted by atomic mass is 10.2. The van der Waals surface area contributed by atoms with E-state index in [2.05, 4.69) is 15.5 Å². The number of benzene rings is 2. The Bertz CT molecular complexity index is 1200. The third kappa shape index (κ3) is 3.89. The van der Waals surface area contributed by atoms with Crippen molar-refractivity contribution in [3.63, 3.8) is 0 Å². The van der Waals surface area contributed by atoms with Gasteiger partial charge in [0.25, 0.3) is 11.5 Å². The quantitative estimate of drug-likeness (QED) is 0.421. The highest BCUT2D eigenvalue weighted by Gasteiger charge is 2.12. The van der Waals surface area contributed by atoms with Gasteiger partial charge in [0.15, 0.2) is 0 Å². The van der Waals surface area contributed by atoms with Gasteiger partial charge in [-0.25, -0.2) is 10.4 Å². The number of rotatable bonds is 5. The van der Waals surface area contributed by atoms with E-state index >= 15 is 0 Å². The van der Waals surface area contributed by atoms with Gasteiger partial charge in [-0.1, -0.05) is 60.7 Å². The molecule has 4 aromatic rings. The number of carbonyl (C=O) groups excluding carboxylic acids is 1. The van der Waals surface area contributed by atoms with Crippen molar-refractivity contribution in [3.8, 4) is 10.4 Å². The van der Waals surface area contributed by atoms with Crippen molar-refractivity contribution < 1.29 is 4.79 Å². The minimum absolute atomic E-state index is 0.148. The van der Waals surface area contributed by atoms with Crippen LogP contribution in [0.5, 0.6) is 0 Å². The molecule has 138 valence electrons. The Morgan fingerprint density at radius 2 is 1.82 bits per heavy atom. The highest BCUT2D eigenvalue weighted by molar-refractivity contribution is 7.21. The predicted octanol–water partition coefficient (Wildman–Crippen LogP) is 3.28. The van der Waals surface area contributed by atoms with E-state index < -0.39 is 5.91 Å². The predicted molar refractivity (Wildman–Crippen MR) is 111 cm³/mol. The number of nitrogens with one attached hydrogen (secondary N) is 1. The van der Waals surface area contributed by atoms with Crippen molar-refractivity contribution in [2.45, 2.75) is 6.54 Å². The zero-order valence-corrected chi connectivity index (χ0v) is 15.6.